The number of hydrogen-bond acceptors (Lipinski definition) is 6. The van der Waals surface area contributed by atoms with Crippen molar-refractivity contribution in [2.24, 2.45) is 0 Å². The number of rotatable bonds is 5. The highest BCUT2D eigenvalue weighted by Crippen LogP contribution is 2.29. The van der Waals surface area contributed by atoms with Crippen molar-refractivity contribution in [1.29, 1.82) is 5.26 Å². The van der Waals surface area contributed by atoms with Crippen LogP contribution in [-0.4, -0.2) is 30.6 Å². The van der Waals surface area contributed by atoms with E-state index in [1.54, 1.807) is 19.1 Å². The first kappa shape index (κ1) is 23.1. The number of amides is 1. The Bertz CT molecular complexity index is 1180. The Kier molecular flexibility index (Phi) is 6.45. The van der Waals surface area contributed by atoms with Crippen LogP contribution >= 0.6 is 11.6 Å². The van der Waals surface area contributed by atoms with E-state index >= 15 is 0 Å². The minimum absolute atomic E-state index is 0.0374. The van der Waals surface area contributed by atoms with Gasteiger partial charge in [-0.3, -0.25) is 4.79 Å². The smallest absolute Gasteiger partial charge is 0.342 e. The molecule has 3 rings (SSSR count). The molecule has 3 heterocycles. The van der Waals surface area contributed by atoms with Crippen molar-refractivity contribution < 1.29 is 18.0 Å². The molecule has 1 amide bonds. The van der Waals surface area contributed by atoms with Crippen LogP contribution in [0.15, 0.2) is 30.5 Å². The molecule has 8 nitrogen and oxygen atoms in total. The van der Waals surface area contributed by atoms with Crippen LogP contribution in [-0.2, 0) is 6.18 Å². The van der Waals surface area contributed by atoms with E-state index in [1.165, 1.54) is 10.9 Å². The third-order valence-electron chi connectivity index (χ3n) is 4.34. The summed E-state index contributed by atoms with van der Waals surface area (Å²) >= 11 is 5.67. The number of alkyl halides is 3. The van der Waals surface area contributed by atoms with Gasteiger partial charge in [-0.1, -0.05) is 25.4 Å². The predicted molar refractivity (Wildman–Crippen MR) is 108 cm³/mol. The number of nitrogens with zero attached hydrogens (tertiary/aromatic N) is 6. The monoisotopic (exact) mass is 463 g/mol. The van der Waals surface area contributed by atoms with E-state index in [4.69, 9.17) is 16.9 Å². The summed E-state index contributed by atoms with van der Waals surface area (Å²) in [6, 6.07) is 6.03. The van der Waals surface area contributed by atoms with Gasteiger partial charge in [0.2, 0.25) is 0 Å². The third-order valence-corrected chi connectivity index (χ3v) is 4.53. The van der Waals surface area contributed by atoms with Crippen molar-refractivity contribution in [2.45, 2.75) is 38.9 Å². The van der Waals surface area contributed by atoms with Crippen LogP contribution in [0.5, 0.6) is 0 Å². The topological polar surface area (TPSA) is 109 Å². The standard InChI is InChI=1S/C20H17ClF3N7O/c1-10(2)17-29-18(31(30-17)16-5-4-12(8-25)9-26-16)11(3)27-19(32)13-6-14(20(22,23)24)28-15(21)7-13/h4-7,9-11H,1-3H3,(H,27,32)/t11-/m0/s1. The second-order valence-electron chi connectivity index (χ2n) is 7.17. The predicted octanol–water partition coefficient (Wildman–Crippen LogP) is 4.22. The lowest BCUT2D eigenvalue weighted by atomic mass is 10.2. The first-order valence-electron chi connectivity index (χ1n) is 9.38. The van der Waals surface area contributed by atoms with Crippen LogP contribution in [0.1, 0.15) is 66.0 Å². The number of pyridine rings is 2. The molecule has 0 saturated heterocycles. The number of hydrogen-bond donors (Lipinski definition) is 1. The van der Waals surface area contributed by atoms with E-state index in [-0.39, 0.29) is 11.5 Å². The highest BCUT2D eigenvalue weighted by molar-refractivity contribution is 6.29. The number of carbonyl (C=O) groups is 1. The van der Waals surface area contributed by atoms with Gasteiger partial charge in [0.25, 0.3) is 5.91 Å². The summed E-state index contributed by atoms with van der Waals surface area (Å²) in [6.45, 7) is 5.38. The molecule has 0 fully saturated rings. The van der Waals surface area contributed by atoms with Crippen LogP contribution in [0.25, 0.3) is 5.82 Å². The molecule has 0 unspecified atom stereocenters. The van der Waals surface area contributed by atoms with Crippen molar-refractivity contribution in [3.05, 3.63) is 64.1 Å². The molecule has 166 valence electrons. The molecule has 0 aliphatic heterocycles. The molecule has 0 aliphatic rings. The fourth-order valence-electron chi connectivity index (χ4n) is 2.73. The molecule has 32 heavy (non-hydrogen) atoms. The van der Waals surface area contributed by atoms with Crippen molar-refractivity contribution in [2.75, 3.05) is 0 Å². The fourth-order valence-corrected chi connectivity index (χ4v) is 2.94. The third kappa shape index (κ3) is 5.03. The summed E-state index contributed by atoms with van der Waals surface area (Å²) in [7, 11) is 0. The molecule has 1 N–H and O–H groups in total. The fraction of sp³-hybridized carbons (Fsp3) is 0.300. The van der Waals surface area contributed by atoms with E-state index in [0.29, 0.717) is 29.1 Å². The first-order chi connectivity index (χ1) is 15.0. The Labute approximate surface area is 186 Å². The van der Waals surface area contributed by atoms with E-state index in [0.717, 1.165) is 6.07 Å². The Morgan fingerprint density at radius 2 is 1.94 bits per heavy atom. The molecule has 3 aromatic rings. The van der Waals surface area contributed by atoms with Crippen LogP contribution in [0.3, 0.4) is 0 Å². The molecule has 3 aromatic heterocycles. The van der Waals surface area contributed by atoms with Crippen molar-refractivity contribution in [3.63, 3.8) is 0 Å². The summed E-state index contributed by atoms with van der Waals surface area (Å²) in [5.41, 5.74) is -1.21. The average Bonchev–Trinajstić information content (AvgIpc) is 3.18. The van der Waals surface area contributed by atoms with Crippen LogP contribution in [0, 0.1) is 11.3 Å². The second kappa shape index (κ2) is 8.92. The maximum atomic E-state index is 13.0. The quantitative estimate of drug-likeness (QED) is 0.567. The molecule has 0 saturated carbocycles. The summed E-state index contributed by atoms with van der Waals surface area (Å²) in [5, 5.41) is 15.5. The molecule has 0 spiro atoms. The number of nitrogens with one attached hydrogen (secondary N) is 1. The Morgan fingerprint density at radius 1 is 1.22 bits per heavy atom. The second-order valence-corrected chi connectivity index (χ2v) is 7.56. The van der Waals surface area contributed by atoms with E-state index in [1.807, 2.05) is 19.9 Å². The van der Waals surface area contributed by atoms with E-state index in [9.17, 15) is 18.0 Å². The number of carbonyl (C=O) groups excluding carboxylic acids is 1. The van der Waals surface area contributed by atoms with Crippen molar-refractivity contribution in [3.8, 4) is 11.9 Å². The van der Waals surface area contributed by atoms with Gasteiger partial charge in [0, 0.05) is 17.7 Å². The SMILES string of the molecule is CC(C)c1nc([C@H](C)NC(=O)c2cc(Cl)nc(C(F)(F)F)c2)n(-c2ccc(C#N)cn2)n1. The maximum Gasteiger partial charge on any atom is 0.433 e. The molecule has 1 atom stereocenters. The summed E-state index contributed by atoms with van der Waals surface area (Å²) in [6.07, 6.45) is -3.38. The molecule has 0 aliphatic carbocycles. The minimum atomic E-state index is -4.75. The molecular formula is C20H17ClF3N7O. The Morgan fingerprint density at radius 3 is 2.50 bits per heavy atom. The number of aromatic nitrogens is 5. The number of halogens is 4. The van der Waals surface area contributed by atoms with Gasteiger partial charge in [-0.2, -0.15) is 23.1 Å². The van der Waals surface area contributed by atoms with E-state index in [2.05, 4.69) is 25.4 Å². The van der Waals surface area contributed by atoms with Crippen LogP contribution in [0.4, 0.5) is 13.2 Å². The Hall–Kier alpha value is -3.52. The molecule has 12 heteroatoms. The molecule has 0 bridgehead atoms. The van der Waals surface area contributed by atoms with Gasteiger partial charge in [-0.05, 0) is 31.2 Å². The van der Waals surface area contributed by atoms with Crippen LogP contribution in [0.2, 0.25) is 5.15 Å². The maximum absolute atomic E-state index is 13.0. The summed E-state index contributed by atoms with van der Waals surface area (Å²) in [4.78, 5) is 24.5. The van der Waals surface area contributed by atoms with Gasteiger partial charge in [-0.25, -0.2) is 15.0 Å². The average molecular weight is 464 g/mol. The van der Waals surface area contributed by atoms with Gasteiger partial charge in [0.05, 0.1) is 11.6 Å². The van der Waals surface area contributed by atoms with Gasteiger partial charge in [0.1, 0.15) is 16.9 Å². The highest BCUT2D eigenvalue weighted by Gasteiger charge is 2.34. The zero-order chi connectivity index (χ0) is 23.6. The molecule has 0 aromatic carbocycles. The normalized spacial score (nSPS) is 12.5. The lowest BCUT2D eigenvalue weighted by molar-refractivity contribution is -0.141. The first-order valence-corrected chi connectivity index (χ1v) is 9.76. The van der Waals surface area contributed by atoms with Gasteiger partial charge >= 0.3 is 6.18 Å². The lowest BCUT2D eigenvalue weighted by Crippen LogP contribution is -2.29. The van der Waals surface area contributed by atoms with Crippen molar-refractivity contribution in [1.82, 2.24) is 30.0 Å². The lowest BCUT2D eigenvalue weighted by Gasteiger charge is -2.15. The minimum Gasteiger partial charge on any atom is -0.342 e. The Balaban J connectivity index is 1.94. The van der Waals surface area contributed by atoms with Gasteiger partial charge in [0.15, 0.2) is 17.5 Å². The summed E-state index contributed by atoms with van der Waals surface area (Å²) < 4.78 is 40.4. The van der Waals surface area contributed by atoms with E-state index < -0.39 is 29.0 Å². The molecule has 0 radical (unpaired) electrons. The highest BCUT2D eigenvalue weighted by atomic mass is 35.5. The molecular weight excluding hydrogens is 447 g/mol. The van der Waals surface area contributed by atoms with Gasteiger partial charge < -0.3 is 5.32 Å². The van der Waals surface area contributed by atoms with Crippen molar-refractivity contribution >= 4 is 17.5 Å². The zero-order valence-corrected chi connectivity index (χ0v) is 17.9. The zero-order valence-electron chi connectivity index (χ0n) is 17.1. The van der Waals surface area contributed by atoms with Gasteiger partial charge in [-0.15, -0.1) is 5.10 Å². The number of nitriles is 1. The summed E-state index contributed by atoms with van der Waals surface area (Å²) in [5.74, 6) is 0.338. The van der Waals surface area contributed by atoms with Crippen LogP contribution < -0.4 is 5.32 Å². The largest absolute Gasteiger partial charge is 0.433 e.